The molecule has 0 spiro atoms. The maximum atomic E-state index is 11.6. The lowest BCUT2D eigenvalue weighted by atomic mass is 10.2. The second kappa shape index (κ2) is 12.7. The Morgan fingerprint density at radius 2 is 1.86 bits per heavy atom. The number of guanidine groups is 1. The minimum absolute atomic E-state index is 0. The highest BCUT2D eigenvalue weighted by atomic mass is 127. The summed E-state index contributed by atoms with van der Waals surface area (Å²) in [6.07, 6.45) is 4.80. The number of ether oxygens (including phenoxy) is 1. The van der Waals surface area contributed by atoms with Gasteiger partial charge in [-0.05, 0) is 51.7 Å². The zero-order valence-electron chi connectivity index (χ0n) is 18.0. The van der Waals surface area contributed by atoms with Crippen LogP contribution in [0.1, 0.15) is 45.6 Å². The minimum atomic E-state index is -0.476. The van der Waals surface area contributed by atoms with Crippen molar-refractivity contribution in [3.63, 3.8) is 0 Å². The summed E-state index contributed by atoms with van der Waals surface area (Å²) < 4.78 is 5.20. The van der Waals surface area contributed by atoms with E-state index in [-0.39, 0.29) is 30.1 Å². The van der Waals surface area contributed by atoms with Crippen LogP contribution >= 0.6 is 24.0 Å². The molecule has 1 aromatic rings. The Hall–Kier alpha value is -1.78. The summed E-state index contributed by atoms with van der Waals surface area (Å²) in [6.45, 7) is 9.64. The predicted molar refractivity (Wildman–Crippen MR) is 128 cm³/mol. The standard InChI is InChI=1S/C20H34N6O2.HI/c1-20(2,3)28-19(27)23-11-7-10-22-18(21-4)25-15-16-8-9-17(24-14-16)26-12-5-6-13-26;/h8-9,14H,5-7,10-13,15H2,1-4H3,(H,23,27)(H2,21,22,25);1H. The molecule has 0 unspecified atom stereocenters. The van der Waals surface area contributed by atoms with E-state index in [1.165, 1.54) is 12.8 Å². The topological polar surface area (TPSA) is 90.9 Å². The van der Waals surface area contributed by atoms with E-state index in [2.05, 4.69) is 43.0 Å². The molecule has 2 heterocycles. The maximum absolute atomic E-state index is 11.6. The van der Waals surface area contributed by atoms with Crippen LogP contribution in [0.15, 0.2) is 23.3 Å². The van der Waals surface area contributed by atoms with Gasteiger partial charge in [-0.1, -0.05) is 6.07 Å². The second-order valence-electron chi connectivity index (χ2n) is 7.85. The number of aromatic nitrogens is 1. The number of hydrogen-bond donors (Lipinski definition) is 3. The van der Waals surface area contributed by atoms with E-state index in [0.29, 0.717) is 19.6 Å². The van der Waals surface area contributed by atoms with Crippen molar-refractivity contribution in [2.75, 3.05) is 38.1 Å². The highest BCUT2D eigenvalue weighted by molar-refractivity contribution is 14.0. The summed E-state index contributed by atoms with van der Waals surface area (Å²) in [4.78, 5) is 22.7. The molecule has 0 aliphatic carbocycles. The third-order valence-electron chi connectivity index (χ3n) is 4.24. The first-order valence-corrected chi connectivity index (χ1v) is 9.98. The number of halogens is 1. The molecule has 1 aliphatic heterocycles. The molecule has 164 valence electrons. The molecule has 9 heteroatoms. The minimum Gasteiger partial charge on any atom is -0.444 e. The summed E-state index contributed by atoms with van der Waals surface area (Å²) in [5.41, 5.74) is 0.632. The predicted octanol–water partition coefficient (Wildman–Crippen LogP) is 2.88. The number of nitrogens with one attached hydrogen (secondary N) is 3. The lowest BCUT2D eigenvalue weighted by Gasteiger charge is -2.19. The molecular formula is C20H35IN6O2. The Morgan fingerprint density at radius 3 is 2.45 bits per heavy atom. The van der Waals surface area contributed by atoms with E-state index in [1.54, 1.807) is 7.05 Å². The van der Waals surface area contributed by atoms with Gasteiger partial charge in [0.2, 0.25) is 0 Å². The molecule has 0 bridgehead atoms. The number of aliphatic imine (C=N–C) groups is 1. The van der Waals surface area contributed by atoms with Gasteiger partial charge in [0, 0.05) is 46.0 Å². The quantitative estimate of drug-likeness (QED) is 0.223. The highest BCUT2D eigenvalue weighted by Gasteiger charge is 2.15. The summed E-state index contributed by atoms with van der Waals surface area (Å²) in [5.74, 6) is 1.78. The second-order valence-corrected chi connectivity index (χ2v) is 7.85. The van der Waals surface area contributed by atoms with Crippen molar-refractivity contribution in [3.8, 4) is 0 Å². The number of anilines is 1. The van der Waals surface area contributed by atoms with Crippen LogP contribution < -0.4 is 20.9 Å². The van der Waals surface area contributed by atoms with E-state index in [9.17, 15) is 4.79 Å². The SMILES string of the molecule is CN=C(NCCCNC(=O)OC(C)(C)C)NCc1ccc(N2CCCC2)nc1.I. The first-order chi connectivity index (χ1) is 13.4. The Labute approximate surface area is 191 Å². The summed E-state index contributed by atoms with van der Waals surface area (Å²) in [5, 5.41) is 9.26. The molecule has 8 nitrogen and oxygen atoms in total. The van der Waals surface area contributed by atoms with E-state index in [0.717, 1.165) is 36.9 Å². The van der Waals surface area contributed by atoms with Gasteiger partial charge in [-0.25, -0.2) is 9.78 Å². The van der Waals surface area contributed by atoms with Crippen LogP contribution in [0.5, 0.6) is 0 Å². The fourth-order valence-corrected chi connectivity index (χ4v) is 2.86. The fraction of sp³-hybridized carbons (Fsp3) is 0.650. The molecule has 0 aromatic carbocycles. The van der Waals surface area contributed by atoms with Crippen LogP contribution in [0, 0.1) is 0 Å². The third-order valence-corrected chi connectivity index (χ3v) is 4.24. The van der Waals surface area contributed by atoms with Gasteiger partial charge in [0.15, 0.2) is 5.96 Å². The van der Waals surface area contributed by atoms with Crippen molar-refractivity contribution >= 4 is 41.8 Å². The van der Waals surface area contributed by atoms with Gasteiger partial charge >= 0.3 is 6.09 Å². The van der Waals surface area contributed by atoms with Gasteiger partial charge in [-0.3, -0.25) is 4.99 Å². The molecule has 0 radical (unpaired) electrons. The number of carbonyl (C=O) groups is 1. The number of nitrogens with zero attached hydrogens (tertiary/aromatic N) is 3. The monoisotopic (exact) mass is 518 g/mol. The number of carbonyl (C=O) groups excluding carboxylic acids is 1. The van der Waals surface area contributed by atoms with Crippen LogP contribution in [-0.4, -0.2) is 55.9 Å². The van der Waals surface area contributed by atoms with Crippen molar-refractivity contribution in [1.29, 1.82) is 0 Å². The molecule has 0 atom stereocenters. The molecule has 1 saturated heterocycles. The van der Waals surface area contributed by atoms with Gasteiger partial charge in [0.25, 0.3) is 0 Å². The smallest absolute Gasteiger partial charge is 0.407 e. The molecule has 1 amide bonds. The summed E-state index contributed by atoms with van der Waals surface area (Å²) >= 11 is 0. The van der Waals surface area contributed by atoms with Crippen molar-refractivity contribution < 1.29 is 9.53 Å². The van der Waals surface area contributed by atoms with Crippen LogP contribution in [0.25, 0.3) is 0 Å². The van der Waals surface area contributed by atoms with Gasteiger partial charge in [0.05, 0.1) is 0 Å². The van der Waals surface area contributed by atoms with E-state index in [1.807, 2.05) is 27.0 Å². The Bertz CT molecular complexity index is 639. The molecule has 29 heavy (non-hydrogen) atoms. The normalized spacial score (nSPS) is 14.2. The molecule has 2 rings (SSSR count). The van der Waals surface area contributed by atoms with Crippen LogP contribution in [0.4, 0.5) is 10.6 Å². The number of alkyl carbamates (subject to hydrolysis) is 1. The van der Waals surface area contributed by atoms with Crippen LogP contribution in [0.2, 0.25) is 0 Å². The van der Waals surface area contributed by atoms with Gasteiger partial charge < -0.3 is 25.6 Å². The summed E-state index contributed by atoms with van der Waals surface area (Å²) in [7, 11) is 1.74. The number of hydrogen-bond acceptors (Lipinski definition) is 5. The number of rotatable bonds is 7. The molecular weight excluding hydrogens is 483 g/mol. The number of pyridine rings is 1. The molecule has 3 N–H and O–H groups in total. The Balaban J connectivity index is 0.00000420. The third kappa shape index (κ3) is 10.00. The first-order valence-electron chi connectivity index (χ1n) is 9.98. The Kier molecular flexibility index (Phi) is 11.1. The van der Waals surface area contributed by atoms with Gasteiger partial charge in [-0.15, -0.1) is 24.0 Å². The zero-order chi connectivity index (χ0) is 20.4. The lowest BCUT2D eigenvalue weighted by molar-refractivity contribution is 0.0527. The highest BCUT2D eigenvalue weighted by Crippen LogP contribution is 2.17. The van der Waals surface area contributed by atoms with E-state index >= 15 is 0 Å². The van der Waals surface area contributed by atoms with Crippen molar-refractivity contribution in [2.45, 2.75) is 52.2 Å². The molecule has 0 saturated carbocycles. The average molecular weight is 518 g/mol. The fourth-order valence-electron chi connectivity index (χ4n) is 2.86. The van der Waals surface area contributed by atoms with Crippen molar-refractivity contribution in [3.05, 3.63) is 23.9 Å². The zero-order valence-corrected chi connectivity index (χ0v) is 20.3. The van der Waals surface area contributed by atoms with Crippen molar-refractivity contribution in [2.24, 2.45) is 4.99 Å². The van der Waals surface area contributed by atoms with Gasteiger partial charge in [-0.2, -0.15) is 0 Å². The van der Waals surface area contributed by atoms with Crippen molar-refractivity contribution in [1.82, 2.24) is 20.9 Å². The van der Waals surface area contributed by atoms with Gasteiger partial charge in [0.1, 0.15) is 11.4 Å². The molecule has 1 aromatic heterocycles. The summed E-state index contributed by atoms with van der Waals surface area (Å²) in [6, 6.07) is 4.19. The average Bonchev–Trinajstić information content (AvgIpc) is 3.17. The molecule has 1 fully saturated rings. The van der Waals surface area contributed by atoms with Crippen LogP contribution in [-0.2, 0) is 11.3 Å². The van der Waals surface area contributed by atoms with Crippen LogP contribution in [0.3, 0.4) is 0 Å². The van der Waals surface area contributed by atoms with E-state index in [4.69, 9.17) is 4.74 Å². The largest absolute Gasteiger partial charge is 0.444 e. The molecule has 1 aliphatic rings. The Morgan fingerprint density at radius 1 is 1.17 bits per heavy atom. The number of amides is 1. The lowest BCUT2D eigenvalue weighted by Crippen LogP contribution is -2.39. The maximum Gasteiger partial charge on any atom is 0.407 e. The van der Waals surface area contributed by atoms with E-state index < -0.39 is 5.60 Å². The first kappa shape index (κ1) is 25.3.